The second-order valence-corrected chi connectivity index (χ2v) is 5.32. The predicted molar refractivity (Wildman–Crippen MR) is 75.2 cm³/mol. The van der Waals surface area contributed by atoms with Crippen molar-refractivity contribution < 1.29 is 22.6 Å². The lowest BCUT2D eigenvalue weighted by atomic mass is 10.2. The quantitative estimate of drug-likeness (QED) is 0.463. The van der Waals surface area contributed by atoms with E-state index in [0.29, 0.717) is 5.56 Å². The molecule has 0 aliphatic carbocycles. The van der Waals surface area contributed by atoms with Crippen molar-refractivity contribution in [2.45, 2.75) is 17.3 Å². The van der Waals surface area contributed by atoms with Crippen molar-refractivity contribution in [1.82, 2.24) is 5.16 Å². The summed E-state index contributed by atoms with van der Waals surface area (Å²) in [6, 6.07) is 5.59. The van der Waals surface area contributed by atoms with E-state index in [-0.39, 0.29) is 33.8 Å². The predicted octanol–water partition coefficient (Wildman–Crippen LogP) is 4.67. The Morgan fingerprint density at radius 2 is 1.91 bits per heavy atom. The molecule has 116 valence electrons. The van der Waals surface area contributed by atoms with Gasteiger partial charge in [0.25, 0.3) is 0 Å². The molecular formula is C13H9F3N2O3S. The van der Waals surface area contributed by atoms with Crippen molar-refractivity contribution in [3.8, 4) is 0 Å². The third-order valence-corrected chi connectivity index (χ3v) is 3.33. The van der Waals surface area contributed by atoms with E-state index in [9.17, 15) is 23.3 Å². The number of nitrogens with zero attached hydrogens (tertiary/aromatic N) is 2. The number of alkyl halides is 3. The maximum Gasteiger partial charge on any atom is 0.446 e. The SMILES string of the molecule is Cc1onc(/C=C/c2ccc(SC(F)(F)F)cc2)c1[N+](=O)[O-]. The molecule has 2 aromatic rings. The Hall–Kier alpha value is -2.29. The number of benzene rings is 1. The first-order valence-corrected chi connectivity index (χ1v) is 6.72. The second kappa shape index (κ2) is 6.22. The lowest BCUT2D eigenvalue weighted by molar-refractivity contribution is -0.386. The van der Waals surface area contributed by atoms with Crippen LogP contribution in [0.25, 0.3) is 12.2 Å². The van der Waals surface area contributed by atoms with Crippen LogP contribution in [0.5, 0.6) is 0 Å². The zero-order valence-corrected chi connectivity index (χ0v) is 11.9. The maximum atomic E-state index is 12.2. The number of nitro groups is 1. The monoisotopic (exact) mass is 330 g/mol. The minimum Gasteiger partial charge on any atom is -0.354 e. The van der Waals surface area contributed by atoms with Gasteiger partial charge in [0, 0.05) is 11.8 Å². The van der Waals surface area contributed by atoms with Crippen molar-refractivity contribution in [3.63, 3.8) is 0 Å². The van der Waals surface area contributed by atoms with Crippen LogP contribution in [0.1, 0.15) is 17.0 Å². The lowest BCUT2D eigenvalue weighted by Crippen LogP contribution is -1.98. The molecule has 0 atom stereocenters. The van der Waals surface area contributed by atoms with Crippen LogP contribution in [-0.4, -0.2) is 15.6 Å². The summed E-state index contributed by atoms with van der Waals surface area (Å²) in [6.07, 6.45) is 2.88. The van der Waals surface area contributed by atoms with Crippen molar-refractivity contribution in [3.05, 3.63) is 51.4 Å². The van der Waals surface area contributed by atoms with Gasteiger partial charge in [-0.3, -0.25) is 10.1 Å². The zero-order valence-electron chi connectivity index (χ0n) is 11.1. The van der Waals surface area contributed by atoms with E-state index < -0.39 is 10.4 Å². The summed E-state index contributed by atoms with van der Waals surface area (Å²) in [5, 5.41) is 14.4. The largest absolute Gasteiger partial charge is 0.446 e. The fourth-order valence-corrected chi connectivity index (χ4v) is 2.21. The first-order valence-electron chi connectivity index (χ1n) is 5.91. The number of aromatic nitrogens is 1. The van der Waals surface area contributed by atoms with Crippen LogP contribution in [0.15, 0.2) is 33.7 Å². The molecule has 0 amide bonds. The van der Waals surface area contributed by atoms with Gasteiger partial charge in [-0.05, 0) is 35.5 Å². The Morgan fingerprint density at radius 3 is 2.45 bits per heavy atom. The average Bonchev–Trinajstić information content (AvgIpc) is 2.77. The van der Waals surface area contributed by atoms with Crippen molar-refractivity contribution in [2.75, 3.05) is 0 Å². The van der Waals surface area contributed by atoms with Gasteiger partial charge in [0.1, 0.15) is 0 Å². The van der Waals surface area contributed by atoms with Gasteiger partial charge < -0.3 is 4.52 Å². The number of hydrogen-bond acceptors (Lipinski definition) is 5. The van der Waals surface area contributed by atoms with Crippen molar-refractivity contribution >= 4 is 29.6 Å². The number of aryl methyl sites for hydroxylation is 1. The fourth-order valence-electron chi connectivity index (χ4n) is 1.67. The smallest absolute Gasteiger partial charge is 0.354 e. The highest BCUT2D eigenvalue weighted by Gasteiger charge is 2.29. The molecule has 0 unspecified atom stereocenters. The first-order chi connectivity index (χ1) is 10.3. The van der Waals surface area contributed by atoms with Crippen LogP contribution >= 0.6 is 11.8 Å². The standard InChI is InChI=1S/C13H9F3N2O3S/c1-8-12(18(19)20)11(17-21-8)7-4-9-2-5-10(6-3-9)22-13(14,15)16/h2-7H,1H3/b7-4+. The molecule has 2 rings (SSSR count). The Labute approximate surface area is 126 Å². The molecular weight excluding hydrogens is 321 g/mol. The van der Waals surface area contributed by atoms with E-state index in [1.54, 1.807) is 0 Å². The minimum absolute atomic E-state index is 0.0521. The van der Waals surface area contributed by atoms with Gasteiger partial charge in [-0.2, -0.15) is 13.2 Å². The molecule has 0 fully saturated rings. The summed E-state index contributed by atoms with van der Waals surface area (Å²) >= 11 is -0.207. The molecule has 0 aliphatic rings. The number of halogens is 3. The van der Waals surface area contributed by atoms with Crippen molar-refractivity contribution in [2.24, 2.45) is 0 Å². The summed E-state index contributed by atoms with van der Waals surface area (Å²) in [5.41, 5.74) is -3.94. The highest BCUT2D eigenvalue weighted by atomic mass is 32.2. The van der Waals surface area contributed by atoms with Gasteiger partial charge in [0.05, 0.1) is 4.92 Å². The first kappa shape index (κ1) is 16.1. The highest BCUT2D eigenvalue weighted by molar-refractivity contribution is 8.00. The fraction of sp³-hybridized carbons (Fsp3) is 0.154. The van der Waals surface area contributed by atoms with Crippen molar-refractivity contribution in [1.29, 1.82) is 0 Å². The van der Waals surface area contributed by atoms with E-state index in [4.69, 9.17) is 4.52 Å². The molecule has 0 N–H and O–H groups in total. The molecule has 9 heteroatoms. The third-order valence-electron chi connectivity index (χ3n) is 2.59. The molecule has 0 saturated heterocycles. The van der Waals surface area contributed by atoms with E-state index in [1.807, 2.05) is 0 Å². The summed E-state index contributed by atoms with van der Waals surface area (Å²) < 4.78 is 41.3. The van der Waals surface area contributed by atoms with Crippen LogP contribution in [0.4, 0.5) is 18.9 Å². The van der Waals surface area contributed by atoms with E-state index in [2.05, 4.69) is 5.16 Å². The van der Waals surface area contributed by atoms with Crippen LogP contribution in [0.3, 0.4) is 0 Å². The van der Waals surface area contributed by atoms with Crippen LogP contribution < -0.4 is 0 Å². The molecule has 0 spiro atoms. The Bertz CT molecular complexity index is 708. The molecule has 0 aliphatic heterocycles. The number of hydrogen-bond donors (Lipinski definition) is 0. The average molecular weight is 330 g/mol. The number of rotatable bonds is 4. The Kier molecular flexibility index (Phi) is 4.55. The minimum atomic E-state index is -4.34. The molecule has 1 aromatic carbocycles. The Balaban J connectivity index is 2.16. The molecule has 1 heterocycles. The molecule has 0 bridgehead atoms. The second-order valence-electron chi connectivity index (χ2n) is 4.18. The van der Waals surface area contributed by atoms with E-state index in [0.717, 1.165) is 0 Å². The number of thioether (sulfide) groups is 1. The summed E-state index contributed by atoms with van der Waals surface area (Å²) in [5.74, 6) is 0.0848. The van der Waals surface area contributed by atoms with Gasteiger partial charge in [-0.15, -0.1) is 0 Å². The molecule has 22 heavy (non-hydrogen) atoms. The summed E-state index contributed by atoms with van der Waals surface area (Å²) in [4.78, 5) is 10.3. The highest BCUT2D eigenvalue weighted by Crippen LogP contribution is 2.36. The molecule has 5 nitrogen and oxygen atoms in total. The maximum absolute atomic E-state index is 12.2. The topological polar surface area (TPSA) is 69.2 Å². The van der Waals surface area contributed by atoms with Gasteiger partial charge >= 0.3 is 11.2 Å². The van der Waals surface area contributed by atoms with E-state index in [1.165, 1.54) is 43.3 Å². The molecule has 1 aromatic heterocycles. The van der Waals surface area contributed by atoms with E-state index >= 15 is 0 Å². The van der Waals surface area contributed by atoms with Gasteiger partial charge in [-0.25, -0.2) is 0 Å². The lowest BCUT2D eigenvalue weighted by Gasteiger charge is -2.05. The third kappa shape index (κ3) is 4.10. The zero-order chi connectivity index (χ0) is 16.3. The van der Waals surface area contributed by atoms with Gasteiger partial charge in [-0.1, -0.05) is 23.4 Å². The van der Waals surface area contributed by atoms with Crippen LogP contribution in [0.2, 0.25) is 0 Å². The summed E-state index contributed by atoms with van der Waals surface area (Å²) in [7, 11) is 0. The summed E-state index contributed by atoms with van der Waals surface area (Å²) in [6.45, 7) is 1.42. The van der Waals surface area contributed by atoms with Crippen LogP contribution in [0, 0.1) is 17.0 Å². The van der Waals surface area contributed by atoms with Gasteiger partial charge in [0.15, 0.2) is 5.69 Å². The molecule has 0 radical (unpaired) electrons. The van der Waals surface area contributed by atoms with Crippen LogP contribution in [-0.2, 0) is 0 Å². The normalized spacial score (nSPS) is 12.0. The molecule has 0 saturated carbocycles. The van der Waals surface area contributed by atoms with Gasteiger partial charge in [0.2, 0.25) is 5.76 Å². The Morgan fingerprint density at radius 1 is 1.27 bits per heavy atom.